The van der Waals surface area contributed by atoms with Gasteiger partial charge in [0.25, 0.3) is 11.8 Å². The molecule has 10 nitrogen and oxygen atoms in total. The number of hydrogen-bond acceptors (Lipinski definition) is 7. The summed E-state index contributed by atoms with van der Waals surface area (Å²) in [7, 11) is 1.45. The number of hydrogen-bond donors (Lipinski definition) is 1. The Kier molecular flexibility index (Phi) is 7.72. The molecule has 0 bridgehead atoms. The fourth-order valence-electron chi connectivity index (χ4n) is 4.80. The molecule has 0 saturated carbocycles. The van der Waals surface area contributed by atoms with Crippen molar-refractivity contribution in [3.63, 3.8) is 0 Å². The molecule has 1 aromatic heterocycles. The van der Waals surface area contributed by atoms with Crippen molar-refractivity contribution in [2.45, 2.75) is 19.5 Å². The molecule has 42 heavy (non-hydrogen) atoms. The van der Waals surface area contributed by atoms with Crippen LogP contribution in [0.5, 0.6) is 11.5 Å². The van der Waals surface area contributed by atoms with E-state index in [0.29, 0.717) is 40.5 Å². The lowest BCUT2D eigenvalue weighted by Gasteiger charge is -2.34. The van der Waals surface area contributed by atoms with Crippen LogP contribution in [0.4, 0.5) is 11.4 Å². The zero-order chi connectivity index (χ0) is 29.8. The number of ether oxygens (including phenoxy) is 2. The predicted octanol–water partition coefficient (Wildman–Crippen LogP) is 4.31. The maximum atomic E-state index is 13.7. The largest absolute Gasteiger partial charge is 0.495 e. The average molecular weight is 560 g/mol. The van der Waals surface area contributed by atoms with Crippen LogP contribution in [-0.4, -0.2) is 47.1 Å². The summed E-state index contributed by atoms with van der Waals surface area (Å²) in [5.74, 6) is 2.12. The Morgan fingerprint density at radius 2 is 1.90 bits per heavy atom. The molecular weight excluding hydrogens is 534 g/mol. The Morgan fingerprint density at radius 1 is 1.12 bits per heavy atom. The second-order valence-electron chi connectivity index (χ2n) is 9.49. The third kappa shape index (κ3) is 5.29. The molecule has 0 saturated heterocycles. The van der Waals surface area contributed by atoms with Crippen molar-refractivity contribution in [2.24, 2.45) is 0 Å². The summed E-state index contributed by atoms with van der Waals surface area (Å²) in [5, 5.41) is 16.4. The van der Waals surface area contributed by atoms with Crippen molar-refractivity contribution < 1.29 is 23.9 Å². The minimum absolute atomic E-state index is 0.0975. The van der Waals surface area contributed by atoms with Crippen molar-refractivity contribution in [1.82, 2.24) is 9.78 Å². The van der Waals surface area contributed by atoms with Crippen molar-refractivity contribution in [3.8, 4) is 29.9 Å². The molecular formula is C32H25N5O5. The van der Waals surface area contributed by atoms with Crippen molar-refractivity contribution >= 4 is 29.0 Å². The van der Waals surface area contributed by atoms with Crippen LogP contribution in [0.1, 0.15) is 49.3 Å². The summed E-state index contributed by atoms with van der Waals surface area (Å²) in [5.41, 5.74) is 2.33. The summed E-state index contributed by atoms with van der Waals surface area (Å²) in [6.07, 6.45) is 6.60. The predicted molar refractivity (Wildman–Crippen MR) is 155 cm³/mol. The lowest BCUT2D eigenvalue weighted by Crippen LogP contribution is -2.47. The molecule has 208 valence electrons. The number of anilines is 2. The molecule has 1 unspecified atom stereocenters. The first-order chi connectivity index (χ1) is 20.3. The van der Waals surface area contributed by atoms with Gasteiger partial charge in [0.1, 0.15) is 29.9 Å². The van der Waals surface area contributed by atoms with Gasteiger partial charge in [-0.25, -0.2) is 0 Å². The molecule has 0 fully saturated rings. The van der Waals surface area contributed by atoms with Gasteiger partial charge < -0.3 is 19.7 Å². The van der Waals surface area contributed by atoms with Crippen molar-refractivity contribution in [1.29, 1.82) is 5.26 Å². The highest BCUT2D eigenvalue weighted by atomic mass is 16.5. The molecule has 1 aliphatic rings. The van der Waals surface area contributed by atoms with Crippen LogP contribution in [0.3, 0.4) is 0 Å². The summed E-state index contributed by atoms with van der Waals surface area (Å²) in [6.45, 7) is 2.34. The fraction of sp³-hybridized carbons (Fsp3) is 0.156. The lowest BCUT2D eigenvalue weighted by atomic mass is 10.0. The van der Waals surface area contributed by atoms with Gasteiger partial charge in [-0.1, -0.05) is 18.1 Å². The zero-order valence-corrected chi connectivity index (χ0v) is 22.8. The molecule has 2 amide bonds. The normalized spacial score (nSPS) is 13.9. The first-order valence-corrected chi connectivity index (χ1v) is 12.9. The minimum Gasteiger partial charge on any atom is -0.495 e. The highest BCUT2D eigenvalue weighted by Crippen LogP contribution is 2.29. The van der Waals surface area contributed by atoms with E-state index in [4.69, 9.17) is 15.9 Å². The van der Waals surface area contributed by atoms with E-state index in [1.807, 2.05) is 13.0 Å². The van der Waals surface area contributed by atoms with Crippen LogP contribution >= 0.6 is 0 Å². The Bertz CT molecular complexity index is 1780. The molecule has 0 radical (unpaired) electrons. The second-order valence-corrected chi connectivity index (χ2v) is 9.49. The summed E-state index contributed by atoms with van der Waals surface area (Å²) >= 11 is 0. The number of nitrogens with one attached hydrogen (secondary N) is 1. The molecule has 4 aromatic rings. The van der Waals surface area contributed by atoms with Gasteiger partial charge >= 0.3 is 0 Å². The van der Waals surface area contributed by atoms with E-state index >= 15 is 0 Å². The Morgan fingerprint density at radius 3 is 2.62 bits per heavy atom. The zero-order valence-electron chi connectivity index (χ0n) is 22.8. The van der Waals surface area contributed by atoms with Crippen LogP contribution in [0, 0.1) is 23.7 Å². The third-order valence-corrected chi connectivity index (χ3v) is 6.79. The number of fused-ring (bicyclic) bond motifs is 1. The summed E-state index contributed by atoms with van der Waals surface area (Å²) < 4.78 is 12.1. The summed E-state index contributed by atoms with van der Waals surface area (Å²) in [4.78, 5) is 41.6. The maximum absolute atomic E-state index is 13.7. The number of benzene rings is 3. The first kappa shape index (κ1) is 27.7. The number of aromatic nitrogens is 2. The fourth-order valence-corrected chi connectivity index (χ4v) is 4.80. The van der Waals surface area contributed by atoms with Crippen LogP contribution in [0.15, 0.2) is 72.9 Å². The van der Waals surface area contributed by atoms with Gasteiger partial charge in [-0.05, 0) is 61.5 Å². The first-order valence-electron chi connectivity index (χ1n) is 12.9. The Labute approximate surface area is 242 Å². The highest BCUT2D eigenvalue weighted by Gasteiger charge is 2.36. The number of rotatable bonds is 8. The topological polar surface area (TPSA) is 127 Å². The number of terminal acetylenes is 1. The van der Waals surface area contributed by atoms with E-state index in [2.05, 4.69) is 16.3 Å². The molecule has 1 atom stereocenters. The number of ketones is 1. The van der Waals surface area contributed by atoms with E-state index in [9.17, 15) is 19.6 Å². The number of carbonyl (C=O) groups excluding carboxylic acids is 3. The molecule has 1 N–H and O–H groups in total. The molecule has 5 rings (SSSR count). The minimum atomic E-state index is -0.539. The number of nitriles is 1. The van der Waals surface area contributed by atoms with Crippen LogP contribution in [-0.2, 0) is 6.54 Å². The number of amides is 2. The quantitative estimate of drug-likeness (QED) is 0.252. The Hall–Kier alpha value is -5.87. The van der Waals surface area contributed by atoms with Crippen LogP contribution < -0.4 is 19.7 Å². The van der Waals surface area contributed by atoms with Gasteiger partial charge in [0, 0.05) is 22.5 Å². The standard InChI is InChI=1S/C32H25N5O5/c1-4-14-42-26-7-5-6-22(16-26)30(38)21-8-11-25(12-9-21)37-20(2)19-36-29(32(37)40)27(18-34-36)31(39)35-24-10-13-28(41-3)23(15-24)17-33/h1,5-13,15-16,18,20H,14,19H2,2-3H3,(H,35,39). The smallest absolute Gasteiger partial charge is 0.277 e. The average Bonchev–Trinajstić information content (AvgIpc) is 3.44. The molecule has 0 spiro atoms. The van der Waals surface area contributed by atoms with E-state index in [0.717, 1.165) is 0 Å². The van der Waals surface area contributed by atoms with Gasteiger partial charge in [0.15, 0.2) is 5.78 Å². The second kappa shape index (κ2) is 11.7. The monoisotopic (exact) mass is 559 g/mol. The van der Waals surface area contributed by atoms with E-state index < -0.39 is 11.8 Å². The van der Waals surface area contributed by atoms with Gasteiger partial charge in [0.05, 0.1) is 37.0 Å². The number of nitrogens with zero attached hydrogens (tertiary/aromatic N) is 4. The molecule has 2 heterocycles. The highest BCUT2D eigenvalue weighted by molar-refractivity contribution is 6.16. The van der Waals surface area contributed by atoms with Gasteiger partial charge in [0.2, 0.25) is 0 Å². The van der Waals surface area contributed by atoms with E-state index in [-0.39, 0.29) is 35.3 Å². The van der Waals surface area contributed by atoms with Crippen LogP contribution in [0.25, 0.3) is 0 Å². The van der Waals surface area contributed by atoms with Gasteiger partial charge in [-0.3, -0.25) is 19.1 Å². The van der Waals surface area contributed by atoms with Crippen LogP contribution in [0.2, 0.25) is 0 Å². The SMILES string of the molecule is C#CCOc1cccc(C(=O)c2ccc(N3C(=O)c4c(C(=O)Nc5ccc(OC)c(C#N)c5)cnn4CC3C)cc2)c1. The van der Waals surface area contributed by atoms with E-state index in [1.165, 1.54) is 24.1 Å². The molecule has 0 aliphatic carbocycles. The van der Waals surface area contributed by atoms with Crippen molar-refractivity contribution in [3.05, 3.63) is 101 Å². The van der Waals surface area contributed by atoms with Crippen molar-refractivity contribution in [2.75, 3.05) is 23.9 Å². The lowest BCUT2D eigenvalue weighted by molar-refractivity contribution is 0.0933. The molecule has 3 aromatic carbocycles. The Balaban J connectivity index is 1.37. The van der Waals surface area contributed by atoms with Gasteiger partial charge in [-0.2, -0.15) is 10.4 Å². The maximum Gasteiger partial charge on any atom is 0.277 e. The third-order valence-electron chi connectivity index (χ3n) is 6.79. The summed E-state index contributed by atoms with van der Waals surface area (Å²) in [6, 6.07) is 19.9. The number of methoxy groups -OCH3 is 1. The molecule has 1 aliphatic heterocycles. The van der Waals surface area contributed by atoms with E-state index in [1.54, 1.807) is 65.6 Å². The molecule has 10 heteroatoms. The number of carbonyl (C=O) groups is 3. The van der Waals surface area contributed by atoms with Gasteiger partial charge in [-0.15, -0.1) is 6.42 Å².